The van der Waals surface area contributed by atoms with E-state index in [2.05, 4.69) is 15.5 Å². The quantitative estimate of drug-likeness (QED) is 0.896. The highest BCUT2D eigenvalue weighted by Crippen LogP contribution is 2.67. The molecule has 5 rings (SSSR count). The standard InChI is InChI=1S/C16H15ClFN3O3/c1-9(22)19-16-6-15(7-16,8-16)14-21-20-13(24-14)5-23-10-2-3-11(17)12(18)4-10/h2-4H,5-8H2,1H3,(H,19,22). The van der Waals surface area contributed by atoms with E-state index < -0.39 is 5.82 Å². The molecule has 8 heteroatoms. The van der Waals surface area contributed by atoms with Crippen molar-refractivity contribution in [2.24, 2.45) is 0 Å². The van der Waals surface area contributed by atoms with Crippen molar-refractivity contribution in [3.05, 3.63) is 40.8 Å². The Hall–Kier alpha value is -2.15. The zero-order chi connectivity index (χ0) is 16.9. The minimum Gasteiger partial charge on any atom is -0.484 e. The number of ether oxygens (including phenoxy) is 1. The molecule has 1 aromatic heterocycles. The Labute approximate surface area is 142 Å². The maximum atomic E-state index is 13.4. The molecule has 24 heavy (non-hydrogen) atoms. The van der Waals surface area contributed by atoms with E-state index in [4.69, 9.17) is 20.8 Å². The maximum absolute atomic E-state index is 13.4. The summed E-state index contributed by atoms with van der Waals surface area (Å²) in [7, 11) is 0. The Balaban J connectivity index is 1.37. The average Bonchev–Trinajstić information content (AvgIpc) is 2.91. The molecule has 3 aliphatic carbocycles. The normalized spacial score (nSPS) is 27.1. The van der Waals surface area contributed by atoms with E-state index >= 15 is 0 Å². The van der Waals surface area contributed by atoms with E-state index in [9.17, 15) is 9.18 Å². The summed E-state index contributed by atoms with van der Waals surface area (Å²) < 4.78 is 24.5. The number of carbonyl (C=O) groups is 1. The molecular formula is C16H15ClFN3O3. The molecule has 3 aliphatic rings. The molecule has 2 bridgehead atoms. The SMILES string of the molecule is CC(=O)NC12CC(c3nnc(COc4ccc(Cl)c(F)c4)o3)(C1)C2. The Morgan fingerprint density at radius 1 is 1.42 bits per heavy atom. The van der Waals surface area contributed by atoms with Crippen LogP contribution in [0.5, 0.6) is 5.75 Å². The second kappa shape index (κ2) is 5.17. The predicted molar refractivity (Wildman–Crippen MR) is 82.1 cm³/mol. The highest BCUT2D eigenvalue weighted by atomic mass is 35.5. The van der Waals surface area contributed by atoms with E-state index in [0.717, 1.165) is 19.3 Å². The molecule has 1 heterocycles. The summed E-state index contributed by atoms with van der Waals surface area (Å²) in [5, 5.41) is 11.1. The number of hydrogen-bond acceptors (Lipinski definition) is 5. The molecule has 126 valence electrons. The van der Waals surface area contributed by atoms with Gasteiger partial charge in [-0.15, -0.1) is 10.2 Å². The number of hydrogen-bond donors (Lipinski definition) is 1. The zero-order valence-electron chi connectivity index (χ0n) is 12.9. The molecule has 1 amide bonds. The van der Waals surface area contributed by atoms with Crippen molar-refractivity contribution in [1.82, 2.24) is 15.5 Å². The molecular weight excluding hydrogens is 337 g/mol. The predicted octanol–water partition coefficient (Wildman–Crippen LogP) is 2.75. The van der Waals surface area contributed by atoms with Gasteiger partial charge in [0.05, 0.1) is 10.4 Å². The van der Waals surface area contributed by atoms with Gasteiger partial charge in [0.2, 0.25) is 11.8 Å². The van der Waals surface area contributed by atoms with Crippen molar-refractivity contribution < 1.29 is 18.3 Å². The molecule has 3 fully saturated rings. The Morgan fingerprint density at radius 2 is 2.17 bits per heavy atom. The van der Waals surface area contributed by atoms with Gasteiger partial charge in [-0.25, -0.2) is 4.39 Å². The molecule has 6 nitrogen and oxygen atoms in total. The largest absolute Gasteiger partial charge is 0.484 e. The zero-order valence-corrected chi connectivity index (χ0v) is 13.7. The van der Waals surface area contributed by atoms with E-state index in [1.165, 1.54) is 19.1 Å². The molecule has 0 radical (unpaired) electrons. The van der Waals surface area contributed by atoms with Crippen molar-refractivity contribution >= 4 is 17.5 Å². The molecule has 0 saturated heterocycles. The number of nitrogens with one attached hydrogen (secondary N) is 1. The van der Waals surface area contributed by atoms with Crippen molar-refractivity contribution in [3.8, 4) is 5.75 Å². The smallest absolute Gasteiger partial charge is 0.253 e. The summed E-state index contributed by atoms with van der Waals surface area (Å²) >= 11 is 5.62. The highest BCUT2D eigenvalue weighted by Gasteiger charge is 2.71. The van der Waals surface area contributed by atoms with E-state index in [1.54, 1.807) is 6.07 Å². The van der Waals surface area contributed by atoms with Gasteiger partial charge in [-0.3, -0.25) is 4.79 Å². The summed E-state index contributed by atoms with van der Waals surface area (Å²) in [6.45, 7) is 1.58. The van der Waals surface area contributed by atoms with Crippen molar-refractivity contribution in [2.45, 2.75) is 43.7 Å². The van der Waals surface area contributed by atoms with Crippen LogP contribution < -0.4 is 10.1 Å². The van der Waals surface area contributed by atoms with Gasteiger partial charge in [0, 0.05) is 18.5 Å². The van der Waals surface area contributed by atoms with Gasteiger partial charge >= 0.3 is 0 Å². The summed E-state index contributed by atoms with van der Waals surface area (Å²) in [4.78, 5) is 11.2. The van der Waals surface area contributed by atoms with Crippen LogP contribution in [0.15, 0.2) is 22.6 Å². The third-order valence-electron chi connectivity index (χ3n) is 4.65. The summed E-state index contributed by atoms with van der Waals surface area (Å²) in [5.74, 6) is 0.691. The molecule has 1 aromatic carbocycles. The highest BCUT2D eigenvalue weighted by molar-refractivity contribution is 6.30. The second-order valence-corrected chi connectivity index (χ2v) is 7.04. The molecule has 0 atom stereocenters. The summed E-state index contributed by atoms with van der Waals surface area (Å²) in [6, 6.07) is 4.20. The van der Waals surface area contributed by atoms with Gasteiger partial charge in [-0.05, 0) is 31.4 Å². The fraction of sp³-hybridized carbons (Fsp3) is 0.438. The maximum Gasteiger partial charge on any atom is 0.253 e. The van der Waals surface area contributed by atoms with Gasteiger partial charge in [0.1, 0.15) is 11.6 Å². The third-order valence-corrected chi connectivity index (χ3v) is 4.95. The first-order valence-electron chi connectivity index (χ1n) is 7.59. The van der Waals surface area contributed by atoms with Crippen LogP contribution in [-0.2, 0) is 16.8 Å². The van der Waals surface area contributed by atoms with Crippen LogP contribution in [0.3, 0.4) is 0 Å². The van der Waals surface area contributed by atoms with Crippen LogP contribution in [0.1, 0.15) is 38.0 Å². The minimum atomic E-state index is -0.544. The molecule has 2 aromatic rings. The number of carbonyl (C=O) groups excluding carboxylic acids is 1. The summed E-state index contributed by atoms with van der Waals surface area (Å²) in [5.41, 5.74) is -0.197. The lowest BCUT2D eigenvalue weighted by atomic mass is 9.39. The lowest BCUT2D eigenvalue weighted by Crippen LogP contribution is -2.76. The number of aromatic nitrogens is 2. The number of amides is 1. The fourth-order valence-electron chi connectivity index (χ4n) is 3.76. The number of nitrogens with zero attached hydrogens (tertiary/aromatic N) is 2. The van der Waals surface area contributed by atoms with Crippen LogP contribution in [-0.4, -0.2) is 21.6 Å². The molecule has 3 saturated carbocycles. The molecule has 0 unspecified atom stereocenters. The lowest BCUT2D eigenvalue weighted by Gasteiger charge is -2.68. The molecule has 0 spiro atoms. The van der Waals surface area contributed by atoms with Gasteiger partial charge < -0.3 is 14.5 Å². The first-order valence-corrected chi connectivity index (χ1v) is 7.97. The Bertz CT molecular complexity index is 803. The van der Waals surface area contributed by atoms with Crippen molar-refractivity contribution in [3.63, 3.8) is 0 Å². The average molecular weight is 352 g/mol. The third kappa shape index (κ3) is 2.43. The molecule has 0 aliphatic heterocycles. The van der Waals surface area contributed by atoms with Crippen LogP contribution >= 0.6 is 11.6 Å². The van der Waals surface area contributed by atoms with Crippen LogP contribution in [0.25, 0.3) is 0 Å². The van der Waals surface area contributed by atoms with Crippen LogP contribution in [0.4, 0.5) is 4.39 Å². The van der Waals surface area contributed by atoms with Crippen molar-refractivity contribution in [2.75, 3.05) is 0 Å². The van der Waals surface area contributed by atoms with E-state index in [1.807, 2.05) is 0 Å². The second-order valence-electron chi connectivity index (χ2n) is 6.64. The van der Waals surface area contributed by atoms with E-state index in [0.29, 0.717) is 17.5 Å². The number of rotatable bonds is 5. The first-order chi connectivity index (χ1) is 11.4. The van der Waals surface area contributed by atoms with Gasteiger partial charge in [0.15, 0.2) is 6.61 Å². The van der Waals surface area contributed by atoms with Gasteiger partial charge in [0.25, 0.3) is 5.89 Å². The van der Waals surface area contributed by atoms with E-state index in [-0.39, 0.29) is 28.5 Å². The van der Waals surface area contributed by atoms with Gasteiger partial charge in [-0.1, -0.05) is 11.6 Å². The monoisotopic (exact) mass is 351 g/mol. The van der Waals surface area contributed by atoms with Crippen LogP contribution in [0.2, 0.25) is 5.02 Å². The summed E-state index contributed by atoms with van der Waals surface area (Å²) in [6.07, 6.45) is 2.47. The lowest BCUT2D eigenvalue weighted by molar-refractivity contribution is -0.139. The Morgan fingerprint density at radius 3 is 2.83 bits per heavy atom. The number of benzene rings is 1. The minimum absolute atomic E-state index is 0.0156. The molecule has 1 N–H and O–H groups in total. The van der Waals surface area contributed by atoms with Crippen LogP contribution in [0, 0.1) is 5.82 Å². The fourth-order valence-corrected chi connectivity index (χ4v) is 3.88. The topological polar surface area (TPSA) is 77.2 Å². The van der Waals surface area contributed by atoms with Gasteiger partial charge in [-0.2, -0.15) is 0 Å². The van der Waals surface area contributed by atoms with Crippen molar-refractivity contribution in [1.29, 1.82) is 0 Å². The Kier molecular flexibility index (Phi) is 3.32. The number of halogens is 2. The first kappa shape index (κ1) is 15.4.